The molecule has 6 rings (SSSR count). The van der Waals surface area contributed by atoms with Crippen LogP contribution >= 0.6 is 0 Å². The van der Waals surface area contributed by atoms with Gasteiger partial charge in [-0.25, -0.2) is 0 Å². The molecule has 3 aliphatic rings. The molecule has 3 aromatic carbocycles. The summed E-state index contributed by atoms with van der Waals surface area (Å²) in [4.78, 5) is 0. The van der Waals surface area contributed by atoms with Crippen LogP contribution in [-0.4, -0.2) is 7.32 Å². The molecule has 0 amide bonds. The van der Waals surface area contributed by atoms with Gasteiger partial charge in [0.2, 0.25) is 0 Å². The molecule has 0 unspecified atom stereocenters. The van der Waals surface area contributed by atoms with E-state index in [0.29, 0.717) is 16.2 Å². The molecule has 0 aromatic heterocycles. The van der Waals surface area contributed by atoms with Crippen molar-refractivity contribution in [2.24, 2.45) is 16.2 Å². The van der Waals surface area contributed by atoms with Crippen LogP contribution in [0.15, 0.2) is 85.1 Å². The molecule has 0 spiro atoms. The van der Waals surface area contributed by atoms with Crippen LogP contribution in [0.25, 0.3) is 0 Å². The Kier molecular flexibility index (Phi) is 30.7. The van der Waals surface area contributed by atoms with E-state index in [2.05, 4.69) is 226 Å². The van der Waals surface area contributed by atoms with Crippen molar-refractivity contribution < 1.29 is 66.3 Å². The van der Waals surface area contributed by atoms with Crippen LogP contribution in [0.3, 0.4) is 0 Å². The summed E-state index contributed by atoms with van der Waals surface area (Å²) in [5, 5.41) is 25.2. The molecule has 0 heterocycles. The van der Waals surface area contributed by atoms with E-state index in [0.717, 1.165) is 0 Å². The SMILES string of the molecule is CC1=C(C)C(C)(C)C(C)=C1C.CC1=C(C)C(C)(C)C(C)=C1C.CC1=C(C)C(C)(C)C(C)=C1C.Cc1c[c-](C)c(C)c1C.Cc1c[c-](C)c(C)c1C.Cc1c[c-](C)c(C)c1C.[Fe+2].[Fe+2].[Fe+2].[O-]B([O-])[O-]. The number of allylic oxidation sites excluding steroid dienone is 12. The van der Waals surface area contributed by atoms with Gasteiger partial charge in [0.1, 0.15) is 0 Å². The molecule has 3 aromatic rings. The van der Waals surface area contributed by atoms with Gasteiger partial charge in [0.15, 0.2) is 0 Å². The molecule has 7 heteroatoms. The zero-order chi connectivity index (χ0) is 51.1. The van der Waals surface area contributed by atoms with Crippen molar-refractivity contribution in [3.63, 3.8) is 0 Å². The molecular formula is C60H93BFe3O3. The largest absolute Gasteiger partial charge is 2.00 e. The van der Waals surface area contributed by atoms with E-state index in [4.69, 9.17) is 15.1 Å². The van der Waals surface area contributed by atoms with Crippen LogP contribution in [0.2, 0.25) is 0 Å². The zero-order valence-electron chi connectivity index (χ0n) is 48.1. The van der Waals surface area contributed by atoms with E-state index >= 15 is 0 Å². The molecule has 0 radical (unpaired) electrons. The molecule has 3 nitrogen and oxygen atoms in total. The number of hydrogen-bond acceptors (Lipinski definition) is 3. The first kappa shape index (κ1) is 71.5. The molecule has 67 heavy (non-hydrogen) atoms. The second-order valence-corrected chi connectivity index (χ2v) is 20.9. The van der Waals surface area contributed by atoms with Gasteiger partial charge in [-0.2, -0.15) is 85.0 Å². The van der Waals surface area contributed by atoms with Gasteiger partial charge < -0.3 is 15.1 Å². The Bertz CT molecular complexity index is 1910. The van der Waals surface area contributed by atoms with E-state index in [-0.39, 0.29) is 51.2 Å². The zero-order valence-corrected chi connectivity index (χ0v) is 51.4. The maximum Gasteiger partial charge on any atom is 2.00 e. The monoisotopic (exact) mass is 1040 g/mol. The first-order valence-electron chi connectivity index (χ1n) is 23.4. The van der Waals surface area contributed by atoms with Crippen LogP contribution in [0, 0.1) is 99.3 Å². The van der Waals surface area contributed by atoms with E-state index in [1.54, 1.807) is 0 Å². The van der Waals surface area contributed by atoms with Gasteiger partial charge in [0, 0.05) is 16.2 Å². The van der Waals surface area contributed by atoms with Crippen molar-refractivity contribution in [1.29, 1.82) is 0 Å². The summed E-state index contributed by atoms with van der Waals surface area (Å²) < 4.78 is 0. The Labute approximate surface area is 446 Å². The van der Waals surface area contributed by atoms with E-state index in [1.807, 2.05) is 0 Å². The summed E-state index contributed by atoms with van der Waals surface area (Å²) in [5.41, 5.74) is 36.3. The quantitative estimate of drug-likeness (QED) is 0.166. The third-order valence-corrected chi connectivity index (χ3v) is 17.2. The van der Waals surface area contributed by atoms with Crippen molar-refractivity contribution in [3.8, 4) is 0 Å². The molecular weight excluding hydrogens is 947 g/mol. The molecule has 3 aliphatic carbocycles. The maximum atomic E-state index is 8.42. The Morgan fingerprint density at radius 1 is 0.313 bits per heavy atom. The third-order valence-electron chi connectivity index (χ3n) is 17.2. The van der Waals surface area contributed by atoms with Crippen LogP contribution < -0.4 is 15.1 Å². The minimum atomic E-state index is -2.92. The molecule has 378 valence electrons. The summed E-state index contributed by atoms with van der Waals surface area (Å²) in [6.07, 6.45) is 0. The summed E-state index contributed by atoms with van der Waals surface area (Å²) in [7, 11) is -2.92. The predicted octanol–water partition coefficient (Wildman–Crippen LogP) is 15.1. The summed E-state index contributed by atoms with van der Waals surface area (Å²) in [6.45, 7) is 66.7. The standard InChI is InChI=1S/3C11H18.3C9H13.BO3.3Fe/c3*1-7-8(2)10(4)11(5,6)9(7)3;3*1-6-5-7(2)9(4)8(6)3;2-1(3)4;;;/h3*1-6H3;3*5H,1-4H3;;;;/q;;;3*-1;-3;3*+2. The van der Waals surface area contributed by atoms with Crippen LogP contribution in [0.5, 0.6) is 0 Å². The fraction of sp³-hybridized carbons (Fsp3) is 0.550. The normalized spacial score (nSPS) is 16.1. The van der Waals surface area contributed by atoms with Crippen molar-refractivity contribution in [2.45, 2.75) is 208 Å². The first-order chi connectivity index (χ1) is 28.8. The smallest absolute Gasteiger partial charge is 0.907 e. The van der Waals surface area contributed by atoms with Crippen molar-refractivity contribution in [3.05, 3.63) is 152 Å². The molecule has 0 atom stereocenters. The second kappa shape index (κ2) is 28.7. The fourth-order valence-corrected chi connectivity index (χ4v) is 8.74. The Balaban J connectivity index is -0.000000347. The average molecular weight is 1040 g/mol. The molecule has 0 N–H and O–H groups in total. The molecule has 0 saturated heterocycles. The Morgan fingerprint density at radius 2 is 0.433 bits per heavy atom. The van der Waals surface area contributed by atoms with Gasteiger partial charge in [0.05, 0.1) is 0 Å². The molecule has 0 bridgehead atoms. The predicted molar refractivity (Wildman–Crippen MR) is 280 cm³/mol. The second-order valence-electron chi connectivity index (χ2n) is 20.9. The Hall–Kier alpha value is -2.01. The van der Waals surface area contributed by atoms with Crippen LogP contribution in [0.4, 0.5) is 0 Å². The Morgan fingerprint density at radius 3 is 0.463 bits per heavy atom. The summed E-state index contributed by atoms with van der Waals surface area (Å²) >= 11 is 0. The van der Waals surface area contributed by atoms with Gasteiger partial charge in [-0.3, -0.25) is 7.32 Å². The minimum absolute atomic E-state index is 0. The van der Waals surface area contributed by atoms with Gasteiger partial charge in [-0.05, 0) is 117 Å². The van der Waals surface area contributed by atoms with E-state index in [9.17, 15) is 0 Å². The maximum absolute atomic E-state index is 8.42. The van der Waals surface area contributed by atoms with Crippen LogP contribution in [-0.2, 0) is 51.2 Å². The van der Waals surface area contributed by atoms with Gasteiger partial charge in [-0.1, -0.05) is 158 Å². The van der Waals surface area contributed by atoms with Crippen molar-refractivity contribution in [2.75, 3.05) is 0 Å². The minimum Gasteiger partial charge on any atom is -0.907 e. The van der Waals surface area contributed by atoms with Gasteiger partial charge >= 0.3 is 51.2 Å². The van der Waals surface area contributed by atoms with Crippen molar-refractivity contribution in [1.82, 2.24) is 0 Å². The van der Waals surface area contributed by atoms with Gasteiger partial charge in [-0.15, -0.1) is 0 Å². The van der Waals surface area contributed by atoms with E-state index in [1.165, 1.54) is 134 Å². The topological polar surface area (TPSA) is 69.2 Å². The van der Waals surface area contributed by atoms with Crippen molar-refractivity contribution >= 4 is 7.32 Å². The summed E-state index contributed by atoms with van der Waals surface area (Å²) in [6, 6.07) is 6.72. The number of aryl methyl sites for hydroxylation is 6. The number of hydrogen-bond donors (Lipinski definition) is 0. The molecule has 0 aliphatic heterocycles. The third kappa shape index (κ3) is 17.7. The average Bonchev–Trinajstić information content (AvgIpc) is 3.80. The number of rotatable bonds is 0. The first-order valence-corrected chi connectivity index (χ1v) is 23.4. The summed E-state index contributed by atoms with van der Waals surface area (Å²) in [5.74, 6) is 0. The fourth-order valence-electron chi connectivity index (χ4n) is 8.74. The molecule has 0 fully saturated rings. The van der Waals surface area contributed by atoms with Crippen LogP contribution in [0.1, 0.15) is 191 Å². The van der Waals surface area contributed by atoms with E-state index < -0.39 is 7.32 Å². The van der Waals surface area contributed by atoms with Gasteiger partial charge in [0.25, 0.3) is 0 Å². The molecule has 0 saturated carbocycles.